The Labute approximate surface area is 142 Å². The van der Waals surface area contributed by atoms with Crippen molar-refractivity contribution < 1.29 is 19.0 Å². The van der Waals surface area contributed by atoms with Crippen LogP contribution in [-0.2, 0) is 0 Å². The second kappa shape index (κ2) is 8.66. The highest BCUT2D eigenvalue weighted by Crippen LogP contribution is 2.21. The maximum atomic E-state index is 13.7. The zero-order valence-electron chi connectivity index (χ0n) is 14.3. The van der Waals surface area contributed by atoms with E-state index in [4.69, 9.17) is 9.47 Å². The minimum atomic E-state index is -0.656. The summed E-state index contributed by atoms with van der Waals surface area (Å²) in [6.45, 7) is 4.46. The van der Waals surface area contributed by atoms with Crippen molar-refractivity contribution in [1.82, 2.24) is 5.32 Å². The summed E-state index contributed by atoms with van der Waals surface area (Å²) in [4.78, 5) is 0. The summed E-state index contributed by atoms with van der Waals surface area (Å²) in [6.07, 6.45) is -0.656. The van der Waals surface area contributed by atoms with Crippen molar-refractivity contribution in [2.45, 2.75) is 26.0 Å². The van der Waals surface area contributed by atoms with Crippen LogP contribution in [0.15, 0.2) is 42.5 Å². The van der Waals surface area contributed by atoms with Crippen molar-refractivity contribution in [3.63, 3.8) is 0 Å². The van der Waals surface area contributed by atoms with E-state index < -0.39 is 11.9 Å². The molecular formula is C19H24FNO3. The van der Waals surface area contributed by atoms with E-state index in [0.29, 0.717) is 6.54 Å². The number of benzene rings is 2. The van der Waals surface area contributed by atoms with Crippen LogP contribution in [0.1, 0.15) is 24.1 Å². The van der Waals surface area contributed by atoms with Gasteiger partial charge in [-0.05, 0) is 43.7 Å². The summed E-state index contributed by atoms with van der Waals surface area (Å²) < 4.78 is 24.2. The van der Waals surface area contributed by atoms with Crippen molar-refractivity contribution in [1.29, 1.82) is 0 Å². The van der Waals surface area contributed by atoms with Gasteiger partial charge in [0.15, 0.2) is 11.6 Å². The molecule has 0 aromatic heterocycles. The number of halogens is 1. The lowest BCUT2D eigenvalue weighted by atomic mass is 10.1. The molecule has 0 fully saturated rings. The molecule has 24 heavy (non-hydrogen) atoms. The van der Waals surface area contributed by atoms with E-state index in [2.05, 4.69) is 5.32 Å². The number of ether oxygens (including phenoxy) is 2. The van der Waals surface area contributed by atoms with Gasteiger partial charge in [-0.1, -0.05) is 23.8 Å². The molecule has 0 bridgehead atoms. The van der Waals surface area contributed by atoms with Gasteiger partial charge < -0.3 is 19.9 Å². The van der Waals surface area contributed by atoms with Gasteiger partial charge in [-0.25, -0.2) is 4.39 Å². The molecule has 0 saturated carbocycles. The van der Waals surface area contributed by atoms with Crippen molar-refractivity contribution in [2.24, 2.45) is 0 Å². The van der Waals surface area contributed by atoms with Crippen molar-refractivity contribution >= 4 is 0 Å². The Bertz CT molecular complexity index is 646. The van der Waals surface area contributed by atoms with E-state index >= 15 is 0 Å². The molecular weight excluding hydrogens is 309 g/mol. The summed E-state index contributed by atoms with van der Waals surface area (Å²) >= 11 is 0. The second-order valence-corrected chi connectivity index (χ2v) is 5.80. The average molecular weight is 333 g/mol. The smallest absolute Gasteiger partial charge is 0.165 e. The topological polar surface area (TPSA) is 50.7 Å². The highest BCUT2D eigenvalue weighted by Gasteiger charge is 2.12. The molecule has 2 N–H and O–H groups in total. The molecule has 4 nitrogen and oxygen atoms in total. The molecule has 5 heteroatoms. The standard InChI is InChI=1S/C19H24FNO3/c1-13-4-7-17(8-5-13)24-12-16(22)11-21-14(2)15-6-9-19(23-3)18(20)10-15/h4-10,14,16,21-22H,11-12H2,1-3H3. The molecule has 2 rings (SSSR count). The Kier molecular flexibility index (Phi) is 6.58. The molecule has 2 atom stereocenters. The molecule has 2 aromatic carbocycles. The fraction of sp³-hybridized carbons (Fsp3) is 0.368. The predicted octanol–water partition coefficient (Wildman–Crippen LogP) is 3.23. The number of methoxy groups -OCH3 is 1. The molecule has 0 radical (unpaired) electrons. The lowest BCUT2D eigenvalue weighted by molar-refractivity contribution is 0.104. The number of hydrogen-bond acceptors (Lipinski definition) is 4. The van der Waals surface area contributed by atoms with E-state index in [1.807, 2.05) is 38.1 Å². The molecule has 0 aliphatic heterocycles. The highest BCUT2D eigenvalue weighted by molar-refractivity contribution is 5.30. The SMILES string of the molecule is COc1ccc(C(C)NCC(O)COc2ccc(C)cc2)cc1F. The Balaban J connectivity index is 1.79. The Morgan fingerprint density at radius 2 is 1.88 bits per heavy atom. The molecule has 0 heterocycles. The fourth-order valence-corrected chi connectivity index (χ4v) is 2.27. The van der Waals surface area contributed by atoms with Crippen LogP contribution in [0.2, 0.25) is 0 Å². The van der Waals surface area contributed by atoms with Crippen LogP contribution >= 0.6 is 0 Å². The third kappa shape index (κ3) is 5.22. The maximum Gasteiger partial charge on any atom is 0.165 e. The van der Waals surface area contributed by atoms with E-state index in [1.54, 1.807) is 12.1 Å². The molecule has 0 amide bonds. The number of hydrogen-bond donors (Lipinski definition) is 2. The Morgan fingerprint density at radius 1 is 1.17 bits per heavy atom. The van der Waals surface area contributed by atoms with Crippen LogP contribution in [0.4, 0.5) is 4.39 Å². The molecule has 130 valence electrons. The van der Waals surface area contributed by atoms with Gasteiger partial charge in [0.25, 0.3) is 0 Å². The summed E-state index contributed by atoms with van der Waals surface area (Å²) in [5, 5.41) is 13.2. The van der Waals surface area contributed by atoms with Gasteiger partial charge in [-0.15, -0.1) is 0 Å². The third-order valence-electron chi connectivity index (χ3n) is 3.80. The lowest BCUT2D eigenvalue weighted by Gasteiger charge is -2.18. The minimum Gasteiger partial charge on any atom is -0.494 e. The van der Waals surface area contributed by atoms with Crippen LogP contribution in [0.3, 0.4) is 0 Å². The first-order chi connectivity index (χ1) is 11.5. The van der Waals surface area contributed by atoms with Gasteiger partial charge in [0, 0.05) is 12.6 Å². The van der Waals surface area contributed by atoms with Crippen LogP contribution in [0.5, 0.6) is 11.5 Å². The summed E-state index contributed by atoms with van der Waals surface area (Å²) in [7, 11) is 1.43. The lowest BCUT2D eigenvalue weighted by Crippen LogP contribution is -2.33. The fourth-order valence-electron chi connectivity index (χ4n) is 2.27. The van der Waals surface area contributed by atoms with Crippen molar-refractivity contribution in [3.8, 4) is 11.5 Å². The van der Waals surface area contributed by atoms with Gasteiger partial charge >= 0.3 is 0 Å². The van der Waals surface area contributed by atoms with Crippen LogP contribution < -0.4 is 14.8 Å². The predicted molar refractivity (Wildman–Crippen MR) is 92.1 cm³/mol. The van der Waals surface area contributed by atoms with Gasteiger partial charge in [-0.2, -0.15) is 0 Å². The van der Waals surface area contributed by atoms with E-state index in [-0.39, 0.29) is 18.4 Å². The van der Waals surface area contributed by atoms with Crippen molar-refractivity contribution in [3.05, 3.63) is 59.4 Å². The first kappa shape index (κ1) is 18.2. The largest absolute Gasteiger partial charge is 0.494 e. The van der Waals surface area contributed by atoms with Crippen LogP contribution in [-0.4, -0.2) is 31.5 Å². The quantitative estimate of drug-likeness (QED) is 0.779. The van der Waals surface area contributed by atoms with Crippen LogP contribution in [0.25, 0.3) is 0 Å². The number of aryl methyl sites for hydroxylation is 1. The van der Waals surface area contributed by atoms with Gasteiger partial charge in [0.2, 0.25) is 0 Å². The number of aliphatic hydroxyl groups is 1. The Morgan fingerprint density at radius 3 is 2.50 bits per heavy atom. The minimum absolute atomic E-state index is 0.0977. The first-order valence-electron chi connectivity index (χ1n) is 7.94. The van der Waals surface area contributed by atoms with E-state index in [0.717, 1.165) is 16.9 Å². The molecule has 0 spiro atoms. The van der Waals surface area contributed by atoms with Gasteiger partial charge in [-0.3, -0.25) is 0 Å². The highest BCUT2D eigenvalue weighted by atomic mass is 19.1. The Hall–Kier alpha value is -2.11. The number of aliphatic hydroxyl groups excluding tert-OH is 1. The first-order valence-corrected chi connectivity index (χ1v) is 7.94. The normalized spacial score (nSPS) is 13.4. The van der Waals surface area contributed by atoms with Crippen molar-refractivity contribution in [2.75, 3.05) is 20.3 Å². The maximum absolute atomic E-state index is 13.7. The van der Waals surface area contributed by atoms with E-state index in [9.17, 15) is 9.50 Å². The molecule has 0 aliphatic carbocycles. The second-order valence-electron chi connectivity index (χ2n) is 5.80. The zero-order chi connectivity index (χ0) is 17.5. The average Bonchev–Trinajstić information content (AvgIpc) is 2.59. The van der Waals surface area contributed by atoms with Gasteiger partial charge in [0.1, 0.15) is 18.5 Å². The number of nitrogens with one attached hydrogen (secondary N) is 1. The monoisotopic (exact) mass is 333 g/mol. The molecule has 0 saturated heterocycles. The molecule has 0 aliphatic rings. The third-order valence-corrected chi connectivity index (χ3v) is 3.80. The molecule has 2 aromatic rings. The summed E-state index contributed by atoms with van der Waals surface area (Å²) in [6, 6.07) is 12.4. The van der Waals surface area contributed by atoms with Gasteiger partial charge in [0.05, 0.1) is 7.11 Å². The summed E-state index contributed by atoms with van der Waals surface area (Å²) in [5.74, 6) is 0.550. The molecule has 2 unspecified atom stereocenters. The van der Waals surface area contributed by atoms with Crippen LogP contribution in [0, 0.1) is 12.7 Å². The summed E-state index contributed by atoms with van der Waals surface area (Å²) in [5.41, 5.74) is 1.95. The van der Waals surface area contributed by atoms with E-state index in [1.165, 1.54) is 13.2 Å². The number of rotatable bonds is 8. The zero-order valence-corrected chi connectivity index (χ0v) is 14.3.